The van der Waals surface area contributed by atoms with Crippen LogP contribution in [0.5, 0.6) is 11.5 Å². The van der Waals surface area contributed by atoms with E-state index in [9.17, 15) is 13.6 Å². The molecule has 0 fully saturated rings. The molecule has 0 bridgehead atoms. The van der Waals surface area contributed by atoms with Crippen LogP contribution in [0.25, 0.3) is 10.8 Å². The van der Waals surface area contributed by atoms with Crippen LogP contribution in [0.1, 0.15) is 5.56 Å². The van der Waals surface area contributed by atoms with E-state index < -0.39 is 11.6 Å². The molecule has 0 spiro atoms. The summed E-state index contributed by atoms with van der Waals surface area (Å²) in [6.45, 7) is 0.0555. The van der Waals surface area contributed by atoms with E-state index in [1.165, 1.54) is 4.90 Å². The van der Waals surface area contributed by atoms with Crippen LogP contribution in [-0.2, 0) is 11.3 Å². The number of carbonyl (C=O) groups is 1. The molecule has 140 valence electrons. The Balaban J connectivity index is 1.62. The zero-order valence-electron chi connectivity index (χ0n) is 15.0. The molecule has 0 aliphatic heterocycles. The van der Waals surface area contributed by atoms with Crippen LogP contribution >= 0.6 is 0 Å². The van der Waals surface area contributed by atoms with E-state index in [1.807, 2.05) is 36.4 Å². The van der Waals surface area contributed by atoms with Gasteiger partial charge in [0.1, 0.15) is 11.6 Å². The fraction of sp³-hybridized carbons (Fsp3) is 0.190. The predicted molar refractivity (Wildman–Crippen MR) is 98.8 cm³/mol. The normalized spacial score (nSPS) is 10.7. The van der Waals surface area contributed by atoms with E-state index >= 15 is 0 Å². The first-order valence-corrected chi connectivity index (χ1v) is 8.35. The molecule has 1 amide bonds. The van der Waals surface area contributed by atoms with Gasteiger partial charge in [0.2, 0.25) is 0 Å². The van der Waals surface area contributed by atoms with Crippen LogP contribution in [-0.4, -0.2) is 31.6 Å². The van der Waals surface area contributed by atoms with Gasteiger partial charge in [-0.3, -0.25) is 4.79 Å². The van der Waals surface area contributed by atoms with E-state index in [2.05, 4.69) is 0 Å². The average Bonchev–Trinajstić information content (AvgIpc) is 2.66. The lowest BCUT2D eigenvalue weighted by Crippen LogP contribution is -2.31. The summed E-state index contributed by atoms with van der Waals surface area (Å²) >= 11 is 0. The van der Waals surface area contributed by atoms with Crippen molar-refractivity contribution < 1.29 is 23.0 Å². The van der Waals surface area contributed by atoms with Crippen molar-refractivity contribution in [3.63, 3.8) is 0 Å². The van der Waals surface area contributed by atoms with Crippen LogP contribution in [0.2, 0.25) is 0 Å². The van der Waals surface area contributed by atoms with E-state index in [0.29, 0.717) is 12.6 Å². The lowest BCUT2D eigenvalue weighted by Gasteiger charge is -2.18. The summed E-state index contributed by atoms with van der Waals surface area (Å²) in [6.07, 6.45) is 0. The van der Waals surface area contributed by atoms with Gasteiger partial charge in [-0.1, -0.05) is 18.2 Å². The van der Waals surface area contributed by atoms with Crippen LogP contribution in [0.4, 0.5) is 8.78 Å². The third kappa shape index (κ3) is 4.53. The fourth-order valence-corrected chi connectivity index (χ4v) is 2.70. The summed E-state index contributed by atoms with van der Waals surface area (Å²) < 4.78 is 36.8. The van der Waals surface area contributed by atoms with Gasteiger partial charge in [0.15, 0.2) is 18.2 Å². The van der Waals surface area contributed by atoms with E-state index in [-0.39, 0.29) is 18.3 Å². The van der Waals surface area contributed by atoms with Gasteiger partial charge in [-0.15, -0.1) is 0 Å². The SMILES string of the molecule is COc1ccc2cc(CN(C)C(=O)COc3ccc(F)cc3F)ccc2c1. The third-order valence-corrected chi connectivity index (χ3v) is 4.20. The number of fused-ring (bicyclic) bond motifs is 1. The summed E-state index contributed by atoms with van der Waals surface area (Å²) in [5.41, 5.74) is 0.955. The molecule has 0 aromatic heterocycles. The standard InChI is InChI=1S/C21H19F2NO3/c1-24(21(25)13-27-20-8-6-17(22)11-19(20)23)12-14-3-4-16-10-18(26-2)7-5-15(16)9-14/h3-11H,12-13H2,1-2H3. The fourth-order valence-electron chi connectivity index (χ4n) is 2.70. The second kappa shape index (κ2) is 8.03. The largest absolute Gasteiger partial charge is 0.497 e. The van der Waals surface area contributed by atoms with E-state index in [4.69, 9.17) is 9.47 Å². The molecule has 3 rings (SSSR count). The summed E-state index contributed by atoms with van der Waals surface area (Å²) in [6, 6.07) is 14.6. The van der Waals surface area contributed by atoms with Crippen LogP contribution in [0.3, 0.4) is 0 Å². The number of carbonyl (C=O) groups excluding carboxylic acids is 1. The number of benzene rings is 3. The minimum atomic E-state index is -0.838. The Morgan fingerprint density at radius 2 is 1.74 bits per heavy atom. The summed E-state index contributed by atoms with van der Waals surface area (Å²) in [5, 5.41) is 2.08. The highest BCUT2D eigenvalue weighted by Gasteiger charge is 2.13. The van der Waals surface area contributed by atoms with Crippen molar-refractivity contribution in [2.24, 2.45) is 0 Å². The van der Waals surface area contributed by atoms with Crippen LogP contribution in [0.15, 0.2) is 54.6 Å². The number of hydrogen-bond donors (Lipinski definition) is 0. The Morgan fingerprint density at radius 1 is 1.00 bits per heavy atom. The van der Waals surface area contributed by atoms with E-state index in [0.717, 1.165) is 34.2 Å². The summed E-state index contributed by atoms with van der Waals surface area (Å²) in [4.78, 5) is 13.7. The zero-order chi connectivity index (χ0) is 19.4. The Bertz CT molecular complexity index is 975. The van der Waals surface area contributed by atoms with Gasteiger partial charge < -0.3 is 14.4 Å². The predicted octanol–water partition coefficient (Wildman–Crippen LogP) is 4.16. The van der Waals surface area contributed by atoms with Crippen molar-refractivity contribution in [2.45, 2.75) is 6.54 Å². The Morgan fingerprint density at radius 3 is 2.48 bits per heavy atom. The van der Waals surface area contributed by atoms with Crippen molar-refractivity contribution in [1.29, 1.82) is 0 Å². The maximum atomic E-state index is 13.6. The van der Waals surface area contributed by atoms with Gasteiger partial charge in [0.25, 0.3) is 5.91 Å². The smallest absolute Gasteiger partial charge is 0.260 e. The molecule has 27 heavy (non-hydrogen) atoms. The van der Waals surface area contributed by atoms with Crippen molar-refractivity contribution in [3.8, 4) is 11.5 Å². The lowest BCUT2D eigenvalue weighted by molar-refractivity contribution is -0.132. The second-order valence-corrected chi connectivity index (χ2v) is 6.16. The lowest BCUT2D eigenvalue weighted by atomic mass is 10.1. The molecular weight excluding hydrogens is 352 g/mol. The second-order valence-electron chi connectivity index (χ2n) is 6.16. The van der Waals surface area contributed by atoms with Crippen molar-refractivity contribution in [3.05, 3.63) is 71.8 Å². The molecule has 3 aromatic rings. The van der Waals surface area contributed by atoms with Gasteiger partial charge in [-0.05, 0) is 46.7 Å². The minimum absolute atomic E-state index is 0.155. The number of amides is 1. The number of nitrogens with zero attached hydrogens (tertiary/aromatic N) is 1. The molecule has 0 unspecified atom stereocenters. The topological polar surface area (TPSA) is 38.8 Å². The van der Waals surface area contributed by atoms with Crippen LogP contribution < -0.4 is 9.47 Å². The molecule has 4 nitrogen and oxygen atoms in total. The van der Waals surface area contributed by atoms with E-state index in [1.54, 1.807) is 14.2 Å². The summed E-state index contributed by atoms with van der Waals surface area (Å²) in [5.74, 6) is -1.22. The third-order valence-electron chi connectivity index (χ3n) is 4.20. The number of ether oxygens (including phenoxy) is 2. The molecule has 6 heteroatoms. The Labute approximate surface area is 155 Å². The number of methoxy groups -OCH3 is 1. The van der Waals surface area contributed by atoms with Gasteiger partial charge in [0.05, 0.1) is 7.11 Å². The van der Waals surface area contributed by atoms with Gasteiger partial charge >= 0.3 is 0 Å². The number of halogens is 2. The number of likely N-dealkylation sites (N-methyl/N-ethyl adjacent to an activating group) is 1. The molecule has 0 saturated carbocycles. The Hall–Kier alpha value is -3.15. The average molecular weight is 371 g/mol. The first-order chi connectivity index (χ1) is 13.0. The number of hydrogen-bond acceptors (Lipinski definition) is 3. The molecule has 0 saturated heterocycles. The Kier molecular flexibility index (Phi) is 5.54. The monoisotopic (exact) mass is 371 g/mol. The molecule has 0 N–H and O–H groups in total. The molecule has 0 aliphatic carbocycles. The highest BCUT2D eigenvalue weighted by Crippen LogP contribution is 2.22. The zero-order valence-corrected chi connectivity index (χ0v) is 15.0. The highest BCUT2D eigenvalue weighted by atomic mass is 19.1. The number of rotatable bonds is 6. The molecule has 0 atom stereocenters. The van der Waals surface area contributed by atoms with Gasteiger partial charge in [-0.2, -0.15) is 0 Å². The maximum Gasteiger partial charge on any atom is 0.260 e. The molecular formula is C21H19F2NO3. The first-order valence-electron chi connectivity index (χ1n) is 8.35. The van der Waals surface area contributed by atoms with Crippen LogP contribution in [0, 0.1) is 11.6 Å². The minimum Gasteiger partial charge on any atom is -0.497 e. The summed E-state index contributed by atoms with van der Waals surface area (Å²) in [7, 11) is 3.26. The molecule has 0 radical (unpaired) electrons. The molecule has 3 aromatic carbocycles. The molecule has 0 aliphatic rings. The highest BCUT2D eigenvalue weighted by molar-refractivity contribution is 5.84. The molecule has 0 heterocycles. The maximum absolute atomic E-state index is 13.6. The van der Waals surface area contributed by atoms with Crippen molar-refractivity contribution >= 4 is 16.7 Å². The quantitative estimate of drug-likeness (QED) is 0.653. The van der Waals surface area contributed by atoms with Crippen molar-refractivity contribution in [1.82, 2.24) is 4.90 Å². The van der Waals surface area contributed by atoms with Gasteiger partial charge in [0, 0.05) is 19.7 Å². The van der Waals surface area contributed by atoms with Crippen molar-refractivity contribution in [2.75, 3.05) is 20.8 Å². The van der Waals surface area contributed by atoms with Gasteiger partial charge in [-0.25, -0.2) is 8.78 Å². The first kappa shape index (κ1) is 18.6.